The molecule has 1 aromatic heterocycles. The maximum Gasteiger partial charge on any atom is 0.417 e. The van der Waals surface area contributed by atoms with E-state index in [0.717, 1.165) is 42.3 Å². The van der Waals surface area contributed by atoms with Crippen LogP contribution in [0.1, 0.15) is 31.2 Å². The highest BCUT2D eigenvalue weighted by molar-refractivity contribution is 5.90. The van der Waals surface area contributed by atoms with Crippen LogP contribution in [0.3, 0.4) is 0 Å². The maximum absolute atomic E-state index is 12.8. The lowest BCUT2D eigenvalue weighted by atomic mass is 10.2. The number of carbonyl (C=O) groups excluding carboxylic acids is 1. The van der Waals surface area contributed by atoms with Gasteiger partial charge in [-0.05, 0) is 43.2 Å². The Balaban J connectivity index is 1.64. The average molecular weight is 393 g/mol. The van der Waals surface area contributed by atoms with E-state index < -0.39 is 29.8 Å². The molecular weight excluding hydrogens is 371 g/mol. The van der Waals surface area contributed by atoms with Crippen LogP contribution in [0.5, 0.6) is 0 Å². The highest BCUT2D eigenvalue weighted by atomic mass is 19.4. The number of hydrogen-bond donors (Lipinski definition) is 1. The van der Waals surface area contributed by atoms with Gasteiger partial charge in [-0.15, -0.1) is 0 Å². The molecule has 1 fully saturated rings. The number of aromatic nitrogens is 1. The Morgan fingerprint density at radius 1 is 0.964 bits per heavy atom. The fraction of sp³-hybridized carbons (Fsp3) is 0.400. The van der Waals surface area contributed by atoms with E-state index in [2.05, 4.69) is 10.2 Å². The lowest BCUT2D eigenvalue weighted by Gasteiger charge is -2.22. The zero-order valence-corrected chi connectivity index (χ0v) is 15.3. The molecule has 0 radical (unpaired) electrons. The third-order valence-corrected chi connectivity index (χ3v) is 4.75. The first kappa shape index (κ1) is 20.0. The Kier molecular flexibility index (Phi) is 6.06. The SMILES string of the molecule is O=C(Cn1cc(C(F)(F)F)ccc1=O)Nc1ccc(N2CCCCCC2)cc1. The zero-order valence-electron chi connectivity index (χ0n) is 15.3. The minimum atomic E-state index is -4.57. The summed E-state index contributed by atoms with van der Waals surface area (Å²) in [6.45, 7) is 1.52. The second-order valence-corrected chi connectivity index (χ2v) is 6.88. The Bertz CT molecular complexity index is 868. The molecule has 5 nitrogen and oxygen atoms in total. The lowest BCUT2D eigenvalue weighted by molar-refractivity contribution is -0.138. The van der Waals surface area contributed by atoms with Gasteiger partial charge in [-0.25, -0.2) is 0 Å². The number of hydrogen-bond acceptors (Lipinski definition) is 3. The molecule has 1 aromatic carbocycles. The third kappa shape index (κ3) is 5.15. The van der Waals surface area contributed by atoms with Crippen molar-refractivity contribution in [2.75, 3.05) is 23.3 Å². The Morgan fingerprint density at radius 2 is 1.61 bits per heavy atom. The van der Waals surface area contributed by atoms with Crippen LogP contribution in [-0.2, 0) is 17.5 Å². The summed E-state index contributed by atoms with van der Waals surface area (Å²) in [6.07, 6.45) is 0.868. The molecule has 2 aromatic rings. The Labute approximate surface area is 160 Å². The summed E-state index contributed by atoms with van der Waals surface area (Å²) in [5.74, 6) is -0.566. The molecule has 1 aliphatic heterocycles. The van der Waals surface area contributed by atoms with Crippen LogP contribution in [0.2, 0.25) is 0 Å². The van der Waals surface area contributed by atoms with E-state index in [1.807, 2.05) is 12.1 Å². The molecule has 0 aliphatic carbocycles. The highest BCUT2D eigenvalue weighted by Gasteiger charge is 2.31. The summed E-state index contributed by atoms with van der Waals surface area (Å²) in [4.78, 5) is 26.2. The van der Waals surface area contributed by atoms with Crippen molar-refractivity contribution in [1.29, 1.82) is 0 Å². The summed E-state index contributed by atoms with van der Waals surface area (Å²) in [5.41, 5.74) is -0.0287. The van der Waals surface area contributed by atoms with Crippen molar-refractivity contribution in [2.45, 2.75) is 38.4 Å². The number of benzene rings is 1. The van der Waals surface area contributed by atoms with Gasteiger partial charge in [0.25, 0.3) is 5.56 Å². The zero-order chi connectivity index (χ0) is 20.1. The fourth-order valence-corrected chi connectivity index (χ4v) is 3.26. The van der Waals surface area contributed by atoms with Crippen LogP contribution in [0.4, 0.5) is 24.5 Å². The van der Waals surface area contributed by atoms with Gasteiger partial charge >= 0.3 is 6.18 Å². The minimum absolute atomic E-state index is 0.489. The standard InChI is InChI=1S/C20H22F3N3O2/c21-20(22,23)15-5-10-19(28)26(13-15)14-18(27)24-16-6-8-17(9-7-16)25-11-3-1-2-4-12-25/h5-10,13H,1-4,11-12,14H2,(H,24,27). The number of alkyl halides is 3. The van der Waals surface area contributed by atoms with Gasteiger partial charge in [0, 0.05) is 36.7 Å². The largest absolute Gasteiger partial charge is 0.417 e. The fourth-order valence-electron chi connectivity index (χ4n) is 3.26. The molecule has 1 saturated heterocycles. The molecule has 0 unspecified atom stereocenters. The van der Waals surface area contributed by atoms with Gasteiger partial charge in [-0.2, -0.15) is 13.2 Å². The number of carbonyl (C=O) groups is 1. The van der Waals surface area contributed by atoms with Crippen molar-refractivity contribution in [3.8, 4) is 0 Å². The van der Waals surface area contributed by atoms with Crippen molar-refractivity contribution in [3.05, 3.63) is 58.5 Å². The van der Waals surface area contributed by atoms with Crippen LogP contribution >= 0.6 is 0 Å². The van der Waals surface area contributed by atoms with Gasteiger partial charge in [0.05, 0.1) is 5.56 Å². The molecule has 0 atom stereocenters. The molecule has 0 bridgehead atoms. The van der Waals surface area contributed by atoms with E-state index in [0.29, 0.717) is 18.0 Å². The average Bonchev–Trinajstić information content (AvgIpc) is 2.93. The number of halogens is 3. The number of rotatable bonds is 4. The second-order valence-electron chi connectivity index (χ2n) is 6.88. The molecule has 150 valence electrons. The monoisotopic (exact) mass is 393 g/mol. The normalized spacial score (nSPS) is 15.2. The highest BCUT2D eigenvalue weighted by Crippen LogP contribution is 2.28. The van der Waals surface area contributed by atoms with Gasteiger partial charge in [0.2, 0.25) is 5.91 Å². The maximum atomic E-state index is 12.8. The number of nitrogens with one attached hydrogen (secondary N) is 1. The van der Waals surface area contributed by atoms with Crippen LogP contribution in [0.15, 0.2) is 47.4 Å². The number of pyridine rings is 1. The smallest absolute Gasteiger partial charge is 0.372 e. The van der Waals surface area contributed by atoms with E-state index in [4.69, 9.17) is 0 Å². The molecule has 8 heteroatoms. The van der Waals surface area contributed by atoms with Crippen LogP contribution in [0, 0.1) is 0 Å². The molecule has 1 amide bonds. The predicted octanol–water partition coefficient (Wildman–Crippen LogP) is 3.89. The van der Waals surface area contributed by atoms with Gasteiger partial charge in [-0.3, -0.25) is 9.59 Å². The van der Waals surface area contributed by atoms with Crippen molar-refractivity contribution in [2.24, 2.45) is 0 Å². The van der Waals surface area contributed by atoms with Gasteiger partial charge in [-0.1, -0.05) is 12.8 Å². The first-order chi connectivity index (χ1) is 13.3. The van der Waals surface area contributed by atoms with Crippen molar-refractivity contribution in [1.82, 2.24) is 4.57 Å². The molecule has 28 heavy (non-hydrogen) atoms. The molecule has 0 spiro atoms. The second kappa shape index (κ2) is 8.50. The summed E-state index contributed by atoms with van der Waals surface area (Å²) >= 11 is 0. The number of amides is 1. The summed E-state index contributed by atoms with van der Waals surface area (Å²) < 4.78 is 39.1. The van der Waals surface area contributed by atoms with E-state index in [1.54, 1.807) is 12.1 Å². The van der Waals surface area contributed by atoms with Gasteiger partial charge < -0.3 is 14.8 Å². The van der Waals surface area contributed by atoms with Crippen molar-refractivity contribution in [3.63, 3.8) is 0 Å². The summed E-state index contributed by atoms with van der Waals surface area (Å²) in [6, 6.07) is 8.86. The first-order valence-corrected chi connectivity index (χ1v) is 9.25. The van der Waals surface area contributed by atoms with Crippen molar-refractivity contribution >= 4 is 17.3 Å². The molecule has 2 heterocycles. The molecular formula is C20H22F3N3O2. The van der Waals surface area contributed by atoms with E-state index in [9.17, 15) is 22.8 Å². The Hall–Kier alpha value is -2.77. The van der Waals surface area contributed by atoms with Crippen LogP contribution in [-0.4, -0.2) is 23.6 Å². The van der Waals surface area contributed by atoms with E-state index >= 15 is 0 Å². The van der Waals surface area contributed by atoms with Crippen LogP contribution in [0.25, 0.3) is 0 Å². The number of anilines is 2. The topological polar surface area (TPSA) is 54.3 Å². The first-order valence-electron chi connectivity index (χ1n) is 9.25. The molecule has 3 rings (SSSR count). The van der Waals surface area contributed by atoms with Crippen molar-refractivity contribution < 1.29 is 18.0 Å². The van der Waals surface area contributed by atoms with Crippen LogP contribution < -0.4 is 15.8 Å². The quantitative estimate of drug-likeness (QED) is 0.858. The molecule has 0 saturated carbocycles. The van der Waals surface area contributed by atoms with Gasteiger partial charge in [0.15, 0.2) is 0 Å². The molecule has 1 N–H and O–H groups in total. The lowest BCUT2D eigenvalue weighted by Crippen LogP contribution is -2.28. The summed E-state index contributed by atoms with van der Waals surface area (Å²) in [7, 11) is 0. The van der Waals surface area contributed by atoms with Gasteiger partial charge in [0.1, 0.15) is 6.54 Å². The summed E-state index contributed by atoms with van der Waals surface area (Å²) in [5, 5.41) is 2.62. The minimum Gasteiger partial charge on any atom is -0.372 e. The number of nitrogens with zero attached hydrogens (tertiary/aromatic N) is 2. The molecule has 1 aliphatic rings. The van der Waals surface area contributed by atoms with E-state index in [-0.39, 0.29) is 0 Å². The van der Waals surface area contributed by atoms with E-state index in [1.165, 1.54) is 12.8 Å². The Morgan fingerprint density at radius 3 is 2.21 bits per heavy atom. The third-order valence-electron chi connectivity index (χ3n) is 4.75. The predicted molar refractivity (Wildman–Crippen MR) is 101 cm³/mol.